The minimum Gasteiger partial charge on any atom is -0.347 e. The number of amides is 4. The number of urea groups is 1. The number of hydrogen-bond donors (Lipinski definition) is 1. The first-order chi connectivity index (χ1) is 8.88. The average Bonchev–Trinajstić information content (AvgIpc) is 2.58. The molecule has 1 saturated carbocycles. The van der Waals surface area contributed by atoms with Crippen LogP contribution in [0.5, 0.6) is 0 Å². The molecule has 2 atom stereocenters. The summed E-state index contributed by atoms with van der Waals surface area (Å²) in [5.41, 5.74) is -0.776. The van der Waals surface area contributed by atoms with Crippen LogP contribution in [0.4, 0.5) is 4.79 Å². The predicted octanol–water partition coefficient (Wildman–Crippen LogP) is 0.575. The summed E-state index contributed by atoms with van der Waals surface area (Å²) in [5.74, 6) is -0.360. The maximum atomic E-state index is 12.5. The third-order valence-electron chi connectivity index (χ3n) is 4.29. The summed E-state index contributed by atoms with van der Waals surface area (Å²) in [7, 11) is 3.22. The van der Waals surface area contributed by atoms with Gasteiger partial charge in [-0.25, -0.2) is 4.79 Å². The Kier molecular flexibility index (Phi) is 3.52. The Morgan fingerprint density at radius 2 is 2.11 bits per heavy atom. The average molecular weight is 267 g/mol. The van der Waals surface area contributed by atoms with E-state index in [2.05, 4.69) is 5.32 Å². The molecule has 2 rings (SSSR count). The second-order valence-electron chi connectivity index (χ2n) is 5.73. The Balaban J connectivity index is 2.18. The number of likely N-dealkylation sites (N-methyl/N-ethyl adjacent to an activating group) is 1. The Hall–Kier alpha value is -1.59. The largest absolute Gasteiger partial charge is 0.347 e. The van der Waals surface area contributed by atoms with Gasteiger partial charge in [-0.2, -0.15) is 0 Å². The van der Waals surface area contributed by atoms with Gasteiger partial charge in [0.15, 0.2) is 0 Å². The lowest BCUT2D eigenvalue weighted by atomic mass is 9.73. The zero-order valence-electron chi connectivity index (χ0n) is 11.7. The highest BCUT2D eigenvalue weighted by Crippen LogP contribution is 2.38. The van der Waals surface area contributed by atoms with Crippen molar-refractivity contribution >= 4 is 17.8 Å². The fraction of sp³-hybridized carbons (Fsp3) is 0.769. The van der Waals surface area contributed by atoms with E-state index >= 15 is 0 Å². The zero-order chi connectivity index (χ0) is 14.2. The zero-order valence-corrected chi connectivity index (χ0v) is 11.7. The van der Waals surface area contributed by atoms with Gasteiger partial charge in [0.1, 0.15) is 12.1 Å². The smallest absolute Gasteiger partial charge is 0.325 e. The van der Waals surface area contributed by atoms with Crippen molar-refractivity contribution in [2.24, 2.45) is 5.92 Å². The van der Waals surface area contributed by atoms with Crippen molar-refractivity contribution in [1.29, 1.82) is 0 Å². The first kappa shape index (κ1) is 13.8. The molecule has 1 saturated heterocycles. The summed E-state index contributed by atoms with van der Waals surface area (Å²) < 4.78 is 0. The summed E-state index contributed by atoms with van der Waals surface area (Å²) in [6.45, 7) is 1.82. The maximum Gasteiger partial charge on any atom is 0.325 e. The molecule has 6 nitrogen and oxygen atoms in total. The quantitative estimate of drug-likeness (QED) is 0.744. The number of hydrogen-bond acceptors (Lipinski definition) is 3. The monoisotopic (exact) mass is 267 g/mol. The minimum atomic E-state index is -0.776. The molecule has 1 spiro atoms. The second kappa shape index (κ2) is 4.83. The van der Waals surface area contributed by atoms with Gasteiger partial charge in [0.25, 0.3) is 5.91 Å². The van der Waals surface area contributed by atoms with Crippen LogP contribution in [0.15, 0.2) is 0 Å². The molecule has 106 valence electrons. The van der Waals surface area contributed by atoms with E-state index < -0.39 is 11.6 Å². The number of rotatable bonds is 2. The Bertz CT molecular complexity index is 421. The van der Waals surface area contributed by atoms with Crippen LogP contribution in [0, 0.1) is 5.92 Å². The van der Waals surface area contributed by atoms with E-state index in [0.29, 0.717) is 6.42 Å². The molecule has 1 N–H and O–H groups in total. The third kappa shape index (κ3) is 2.19. The van der Waals surface area contributed by atoms with Gasteiger partial charge < -0.3 is 10.2 Å². The topological polar surface area (TPSA) is 69.7 Å². The van der Waals surface area contributed by atoms with Crippen molar-refractivity contribution in [2.75, 3.05) is 20.6 Å². The first-order valence-electron chi connectivity index (χ1n) is 6.73. The van der Waals surface area contributed by atoms with Crippen molar-refractivity contribution in [2.45, 2.75) is 38.1 Å². The lowest BCUT2D eigenvalue weighted by Crippen LogP contribution is -2.54. The fourth-order valence-corrected chi connectivity index (χ4v) is 2.92. The van der Waals surface area contributed by atoms with Crippen LogP contribution in [-0.4, -0.2) is 53.8 Å². The SMILES string of the molecule is C[C@H]1CCCC[C@@]12NC(=O)N(CC(=O)N(C)C)C2=O. The number of carbonyl (C=O) groups excluding carboxylic acids is 3. The van der Waals surface area contributed by atoms with Gasteiger partial charge in [0, 0.05) is 14.1 Å². The number of nitrogens with zero attached hydrogens (tertiary/aromatic N) is 2. The highest BCUT2D eigenvalue weighted by molar-refractivity contribution is 6.09. The lowest BCUT2D eigenvalue weighted by Gasteiger charge is -2.36. The molecule has 6 heteroatoms. The van der Waals surface area contributed by atoms with E-state index in [1.807, 2.05) is 6.92 Å². The molecule has 0 radical (unpaired) electrons. The van der Waals surface area contributed by atoms with E-state index in [1.54, 1.807) is 14.1 Å². The first-order valence-corrected chi connectivity index (χ1v) is 6.73. The molecule has 4 amide bonds. The van der Waals surface area contributed by atoms with Gasteiger partial charge in [-0.3, -0.25) is 14.5 Å². The molecule has 0 bridgehead atoms. The molecule has 2 fully saturated rings. The molecule has 0 aromatic rings. The fourth-order valence-electron chi connectivity index (χ4n) is 2.92. The van der Waals surface area contributed by atoms with E-state index in [0.717, 1.165) is 24.2 Å². The normalized spacial score (nSPS) is 30.7. The highest BCUT2D eigenvalue weighted by atomic mass is 16.2. The molecule has 0 aromatic carbocycles. The predicted molar refractivity (Wildman–Crippen MR) is 69.3 cm³/mol. The summed E-state index contributed by atoms with van der Waals surface area (Å²) in [6.07, 6.45) is 3.63. The molecular formula is C13H21N3O3. The van der Waals surface area contributed by atoms with Gasteiger partial charge in [0.2, 0.25) is 5.91 Å². The lowest BCUT2D eigenvalue weighted by molar-refractivity contribution is -0.139. The van der Waals surface area contributed by atoms with E-state index in [9.17, 15) is 14.4 Å². The molecule has 0 unspecified atom stereocenters. The number of nitrogens with one attached hydrogen (secondary N) is 1. The summed E-state index contributed by atoms with van der Waals surface area (Å²) in [4.78, 5) is 38.7. The molecule has 1 aliphatic carbocycles. The highest BCUT2D eigenvalue weighted by Gasteiger charge is 2.55. The van der Waals surface area contributed by atoms with Crippen molar-refractivity contribution in [3.8, 4) is 0 Å². The van der Waals surface area contributed by atoms with Crippen LogP contribution in [0.1, 0.15) is 32.6 Å². The van der Waals surface area contributed by atoms with Crippen molar-refractivity contribution < 1.29 is 14.4 Å². The molecule has 2 aliphatic rings. The van der Waals surface area contributed by atoms with Crippen LogP contribution in [0.3, 0.4) is 0 Å². The molecule has 19 heavy (non-hydrogen) atoms. The van der Waals surface area contributed by atoms with Crippen molar-refractivity contribution in [3.63, 3.8) is 0 Å². The van der Waals surface area contributed by atoms with Crippen molar-refractivity contribution in [3.05, 3.63) is 0 Å². The van der Waals surface area contributed by atoms with Crippen molar-refractivity contribution in [1.82, 2.24) is 15.1 Å². The van der Waals surface area contributed by atoms with Crippen LogP contribution < -0.4 is 5.32 Å². The van der Waals surface area contributed by atoms with Crippen LogP contribution in [0.2, 0.25) is 0 Å². The number of carbonyl (C=O) groups is 3. The minimum absolute atomic E-state index is 0.122. The molecular weight excluding hydrogens is 246 g/mol. The Labute approximate surface area is 113 Å². The van der Waals surface area contributed by atoms with E-state index in [4.69, 9.17) is 0 Å². The summed E-state index contributed by atoms with van der Waals surface area (Å²) in [6, 6.07) is -0.436. The van der Waals surface area contributed by atoms with Crippen LogP contribution in [-0.2, 0) is 9.59 Å². The van der Waals surface area contributed by atoms with Gasteiger partial charge >= 0.3 is 6.03 Å². The van der Waals surface area contributed by atoms with Crippen LogP contribution >= 0.6 is 0 Å². The third-order valence-corrected chi connectivity index (χ3v) is 4.29. The van der Waals surface area contributed by atoms with Crippen LogP contribution in [0.25, 0.3) is 0 Å². The molecule has 0 aromatic heterocycles. The molecule has 1 aliphatic heterocycles. The number of imide groups is 1. The molecule has 1 heterocycles. The van der Waals surface area contributed by atoms with Gasteiger partial charge in [-0.15, -0.1) is 0 Å². The van der Waals surface area contributed by atoms with E-state index in [-0.39, 0.29) is 24.3 Å². The van der Waals surface area contributed by atoms with Gasteiger partial charge in [-0.1, -0.05) is 19.8 Å². The second-order valence-corrected chi connectivity index (χ2v) is 5.73. The standard InChI is InChI=1S/C13H21N3O3/c1-9-6-4-5-7-13(9)11(18)16(12(19)14-13)8-10(17)15(2)3/h9H,4-8H2,1-3H3,(H,14,19)/t9-,13+/m0/s1. The Morgan fingerprint density at radius 1 is 1.42 bits per heavy atom. The Morgan fingerprint density at radius 3 is 2.68 bits per heavy atom. The summed E-state index contributed by atoms with van der Waals surface area (Å²) >= 11 is 0. The van der Waals surface area contributed by atoms with Gasteiger partial charge in [-0.05, 0) is 18.8 Å². The summed E-state index contributed by atoms with van der Waals surface area (Å²) in [5, 5.41) is 2.83. The van der Waals surface area contributed by atoms with E-state index in [1.165, 1.54) is 4.90 Å². The maximum absolute atomic E-state index is 12.5. The van der Waals surface area contributed by atoms with Gasteiger partial charge in [0.05, 0.1) is 0 Å².